The normalized spacial score (nSPS) is 10.7. The molecule has 3 aromatic rings. The molecule has 0 spiro atoms. The topological polar surface area (TPSA) is 99.0 Å². The minimum Gasteiger partial charge on any atom is -0.461 e. The highest BCUT2D eigenvalue weighted by molar-refractivity contribution is 9.10. The van der Waals surface area contributed by atoms with Crippen molar-refractivity contribution in [3.05, 3.63) is 47.1 Å². The van der Waals surface area contributed by atoms with Crippen LogP contribution in [0.3, 0.4) is 0 Å². The maximum Gasteiger partial charge on any atom is 0.244 e. The van der Waals surface area contributed by atoms with E-state index in [9.17, 15) is 4.79 Å². The zero-order valence-electron chi connectivity index (χ0n) is 11.8. The van der Waals surface area contributed by atoms with Crippen LogP contribution in [0.4, 0.5) is 0 Å². The average Bonchev–Trinajstić information content (AvgIpc) is 3.22. The van der Waals surface area contributed by atoms with Gasteiger partial charge in [-0.2, -0.15) is 0 Å². The number of nitrogens with zero attached hydrogens (tertiary/aromatic N) is 3. The third-order valence-corrected chi connectivity index (χ3v) is 4.41. The van der Waals surface area contributed by atoms with Crippen LogP contribution < -0.4 is 11.3 Å². The zero-order chi connectivity index (χ0) is 16.2. The molecular weight excluding hydrogens is 382 g/mol. The van der Waals surface area contributed by atoms with Crippen LogP contribution in [-0.2, 0) is 4.79 Å². The molecule has 1 amide bonds. The van der Waals surface area contributed by atoms with Crippen LogP contribution in [0.2, 0.25) is 0 Å². The second kappa shape index (κ2) is 6.99. The molecule has 3 N–H and O–H groups in total. The molecule has 0 unspecified atom stereocenters. The predicted octanol–water partition coefficient (Wildman–Crippen LogP) is 2.37. The number of carbonyl (C=O) groups excluding carboxylic acids is 1. The standard InChI is InChI=1S/C14H12BrN5O2S/c15-9-3-5-10(6-4-9)20-13(11-2-1-7-22-11)18-19-14(20)23-8-12(21)17-16/h1-7H,8,16H2,(H,17,21). The molecule has 9 heteroatoms. The second-order valence-corrected chi connectivity index (χ2v) is 6.31. The first-order valence-corrected chi connectivity index (χ1v) is 8.34. The summed E-state index contributed by atoms with van der Waals surface area (Å²) in [7, 11) is 0. The highest BCUT2D eigenvalue weighted by Gasteiger charge is 2.18. The summed E-state index contributed by atoms with van der Waals surface area (Å²) in [6.45, 7) is 0. The summed E-state index contributed by atoms with van der Waals surface area (Å²) in [5, 5.41) is 8.92. The SMILES string of the molecule is NNC(=O)CSc1nnc(-c2ccco2)n1-c1ccc(Br)cc1. The van der Waals surface area contributed by atoms with Crippen LogP contribution in [0.15, 0.2) is 56.7 Å². The van der Waals surface area contributed by atoms with Crippen molar-refractivity contribution in [1.82, 2.24) is 20.2 Å². The molecule has 0 atom stereocenters. The summed E-state index contributed by atoms with van der Waals surface area (Å²) in [6.07, 6.45) is 1.57. The lowest BCUT2D eigenvalue weighted by molar-refractivity contribution is -0.118. The molecule has 0 radical (unpaired) electrons. The molecular formula is C14H12BrN5O2S. The highest BCUT2D eigenvalue weighted by atomic mass is 79.9. The van der Waals surface area contributed by atoms with Crippen molar-refractivity contribution < 1.29 is 9.21 Å². The summed E-state index contributed by atoms with van der Waals surface area (Å²) in [5.41, 5.74) is 2.96. The van der Waals surface area contributed by atoms with Gasteiger partial charge >= 0.3 is 0 Å². The van der Waals surface area contributed by atoms with Gasteiger partial charge in [-0.15, -0.1) is 10.2 Å². The Morgan fingerprint density at radius 1 is 1.30 bits per heavy atom. The first kappa shape index (κ1) is 15.8. The van der Waals surface area contributed by atoms with Gasteiger partial charge in [0.15, 0.2) is 10.9 Å². The zero-order valence-corrected chi connectivity index (χ0v) is 14.2. The Kier molecular flexibility index (Phi) is 4.79. The van der Waals surface area contributed by atoms with Crippen LogP contribution in [-0.4, -0.2) is 26.4 Å². The molecule has 0 saturated heterocycles. The monoisotopic (exact) mass is 393 g/mol. The van der Waals surface area contributed by atoms with Crippen molar-refractivity contribution in [2.75, 3.05) is 5.75 Å². The predicted molar refractivity (Wildman–Crippen MR) is 89.8 cm³/mol. The van der Waals surface area contributed by atoms with E-state index in [1.54, 1.807) is 18.4 Å². The fraction of sp³-hybridized carbons (Fsp3) is 0.0714. The fourth-order valence-corrected chi connectivity index (χ4v) is 2.95. The molecule has 0 fully saturated rings. The van der Waals surface area contributed by atoms with Gasteiger partial charge in [0.1, 0.15) is 0 Å². The molecule has 7 nitrogen and oxygen atoms in total. The summed E-state index contributed by atoms with van der Waals surface area (Å²) in [4.78, 5) is 11.4. The Balaban J connectivity index is 2.03. The van der Waals surface area contributed by atoms with Gasteiger partial charge < -0.3 is 4.42 Å². The van der Waals surface area contributed by atoms with Crippen LogP contribution >= 0.6 is 27.7 Å². The van der Waals surface area contributed by atoms with Crippen LogP contribution in [0.1, 0.15) is 0 Å². The largest absolute Gasteiger partial charge is 0.461 e. The number of benzene rings is 1. The van der Waals surface area contributed by atoms with E-state index in [1.807, 2.05) is 28.8 Å². The van der Waals surface area contributed by atoms with Crippen molar-refractivity contribution in [3.63, 3.8) is 0 Å². The quantitative estimate of drug-likeness (QED) is 0.298. The van der Waals surface area contributed by atoms with Crippen molar-refractivity contribution in [1.29, 1.82) is 0 Å². The summed E-state index contributed by atoms with van der Waals surface area (Å²) < 4.78 is 8.22. The van der Waals surface area contributed by atoms with Gasteiger partial charge in [-0.3, -0.25) is 14.8 Å². The first-order valence-electron chi connectivity index (χ1n) is 6.56. The van der Waals surface area contributed by atoms with Crippen LogP contribution in [0.5, 0.6) is 0 Å². The Morgan fingerprint density at radius 3 is 2.74 bits per heavy atom. The molecule has 118 valence electrons. The highest BCUT2D eigenvalue weighted by Crippen LogP contribution is 2.28. The molecule has 1 aromatic carbocycles. The molecule has 0 aliphatic heterocycles. The number of amides is 1. The number of halogens is 1. The molecule has 0 bridgehead atoms. The van der Waals surface area contributed by atoms with Gasteiger partial charge in [-0.1, -0.05) is 27.7 Å². The molecule has 0 saturated carbocycles. The van der Waals surface area contributed by atoms with E-state index in [0.29, 0.717) is 16.7 Å². The van der Waals surface area contributed by atoms with Crippen LogP contribution in [0.25, 0.3) is 17.3 Å². The lowest BCUT2D eigenvalue weighted by atomic mass is 10.3. The Labute approximate surface area is 144 Å². The molecule has 2 heterocycles. The molecule has 0 aliphatic carbocycles. The van der Waals surface area contributed by atoms with Gasteiger partial charge in [-0.05, 0) is 36.4 Å². The van der Waals surface area contributed by atoms with E-state index in [0.717, 1.165) is 10.2 Å². The smallest absolute Gasteiger partial charge is 0.244 e. The van der Waals surface area contributed by atoms with E-state index in [-0.39, 0.29) is 11.7 Å². The third kappa shape index (κ3) is 3.46. The lowest BCUT2D eigenvalue weighted by Gasteiger charge is -2.09. The number of nitrogens with two attached hydrogens (primary N) is 1. The number of aromatic nitrogens is 3. The number of thioether (sulfide) groups is 1. The Hall–Kier alpha value is -2.10. The number of hydrazine groups is 1. The van der Waals surface area contributed by atoms with Gasteiger partial charge in [0.25, 0.3) is 0 Å². The minimum absolute atomic E-state index is 0.142. The maximum absolute atomic E-state index is 11.4. The fourth-order valence-electron chi connectivity index (χ4n) is 1.92. The number of nitrogens with one attached hydrogen (secondary N) is 1. The molecule has 3 rings (SSSR count). The van der Waals surface area contributed by atoms with Crippen molar-refractivity contribution >= 4 is 33.6 Å². The van der Waals surface area contributed by atoms with E-state index in [2.05, 4.69) is 31.6 Å². The molecule has 2 aromatic heterocycles. The van der Waals surface area contributed by atoms with Crippen molar-refractivity contribution in [2.45, 2.75) is 5.16 Å². The lowest BCUT2D eigenvalue weighted by Crippen LogP contribution is -2.31. The maximum atomic E-state index is 11.4. The van der Waals surface area contributed by atoms with Crippen LogP contribution in [0, 0.1) is 0 Å². The summed E-state index contributed by atoms with van der Waals surface area (Å²) >= 11 is 4.65. The summed E-state index contributed by atoms with van der Waals surface area (Å²) in [6, 6.07) is 11.3. The van der Waals surface area contributed by atoms with Crippen molar-refractivity contribution in [3.8, 4) is 17.3 Å². The number of hydrogen-bond acceptors (Lipinski definition) is 6. The van der Waals surface area contributed by atoms with E-state index < -0.39 is 0 Å². The van der Waals surface area contributed by atoms with E-state index >= 15 is 0 Å². The molecule has 23 heavy (non-hydrogen) atoms. The number of rotatable bonds is 5. The van der Waals surface area contributed by atoms with Gasteiger partial charge in [0, 0.05) is 10.2 Å². The first-order chi connectivity index (χ1) is 11.2. The number of furan rings is 1. The number of hydrogen-bond donors (Lipinski definition) is 2. The Morgan fingerprint density at radius 2 is 2.09 bits per heavy atom. The second-order valence-electron chi connectivity index (χ2n) is 4.45. The van der Waals surface area contributed by atoms with Gasteiger partial charge in [0.05, 0.1) is 12.0 Å². The van der Waals surface area contributed by atoms with E-state index in [1.165, 1.54) is 11.8 Å². The van der Waals surface area contributed by atoms with Gasteiger partial charge in [-0.25, -0.2) is 5.84 Å². The average molecular weight is 394 g/mol. The Bertz CT molecular complexity index is 801. The molecule has 0 aliphatic rings. The summed E-state index contributed by atoms with van der Waals surface area (Å²) in [5.74, 6) is 6.11. The number of carbonyl (C=O) groups is 1. The minimum atomic E-state index is -0.292. The van der Waals surface area contributed by atoms with Gasteiger partial charge in [0.2, 0.25) is 11.7 Å². The van der Waals surface area contributed by atoms with Crippen molar-refractivity contribution in [2.24, 2.45) is 5.84 Å². The third-order valence-electron chi connectivity index (χ3n) is 2.95. The van der Waals surface area contributed by atoms with E-state index in [4.69, 9.17) is 10.3 Å².